The summed E-state index contributed by atoms with van der Waals surface area (Å²) in [5, 5.41) is 14.1. The highest BCUT2D eigenvalue weighted by Crippen LogP contribution is 2.28. The molecule has 0 bridgehead atoms. The third kappa shape index (κ3) is 5.84. The number of nitrogens with one attached hydrogen (secondary N) is 1. The first-order valence-corrected chi connectivity index (χ1v) is 11.5. The molecule has 0 aliphatic carbocycles. The third-order valence-corrected chi connectivity index (χ3v) is 6.41. The Balaban J connectivity index is 1.45. The van der Waals surface area contributed by atoms with Gasteiger partial charge in [0.2, 0.25) is 0 Å². The quantitative estimate of drug-likeness (QED) is 0.213. The van der Waals surface area contributed by atoms with E-state index in [4.69, 9.17) is 39.2 Å². The predicted molar refractivity (Wildman–Crippen MR) is 133 cm³/mol. The monoisotopic (exact) mass is 513 g/mol. The molecular formula is C24H14Cl3N3O2S. The molecule has 1 N–H and O–H groups in total. The van der Waals surface area contributed by atoms with E-state index in [1.54, 1.807) is 42.6 Å². The Labute approximate surface area is 208 Å². The number of carbonyl (C=O) groups is 1. The second-order valence-electron chi connectivity index (χ2n) is 6.89. The summed E-state index contributed by atoms with van der Waals surface area (Å²) in [6.07, 6.45) is 3.64. The van der Waals surface area contributed by atoms with E-state index in [-0.39, 0.29) is 5.57 Å². The third-order valence-electron chi connectivity index (χ3n) is 4.52. The Morgan fingerprint density at radius 3 is 2.73 bits per heavy atom. The maximum absolute atomic E-state index is 12.6. The lowest BCUT2D eigenvalue weighted by Gasteiger charge is -2.01. The van der Waals surface area contributed by atoms with E-state index < -0.39 is 5.91 Å². The number of amides is 1. The van der Waals surface area contributed by atoms with Crippen LogP contribution >= 0.6 is 46.1 Å². The molecule has 0 saturated carbocycles. The Kier molecular flexibility index (Phi) is 7.17. The van der Waals surface area contributed by atoms with Crippen LogP contribution in [-0.4, -0.2) is 10.9 Å². The average molecular weight is 515 g/mol. The molecule has 0 radical (unpaired) electrons. The number of hydrogen-bond donors (Lipinski definition) is 1. The maximum atomic E-state index is 12.6. The number of hydrogen-bond acceptors (Lipinski definition) is 5. The van der Waals surface area contributed by atoms with Gasteiger partial charge in [-0.25, -0.2) is 4.98 Å². The number of rotatable bonds is 6. The van der Waals surface area contributed by atoms with E-state index >= 15 is 0 Å². The predicted octanol–water partition coefficient (Wildman–Crippen LogP) is 7.50. The number of nitrogens with zero attached hydrogens (tertiary/aromatic N) is 2. The minimum Gasteiger partial charge on any atom is -0.457 e. The first kappa shape index (κ1) is 23.1. The van der Waals surface area contributed by atoms with Crippen molar-refractivity contribution in [3.8, 4) is 17.4 Å². The van der Waals surface area contributed by atoms with Crippen molar-refractivity contribution >= 4 is 63.3 Å². The smallest absolute Gasteiger partial charge is 0.268 e. The summed E-state index contributed by atoms with van der Waals surface area (Å²) in [6.45, 7) is 0. The Bertz CT molecular complexity index is 1400. The molecule has 4 rings (SSSR count). The molecule has 0 unspecified atom stereocenters. The zero-order chi connectivity index (χ0) is 23.4. The standard InChI is InChI=1S/C24H14Cl3N3O2S/c25-17-3-1-2-15(10-17)22-7-5-18(32-22)11-16(12-28)23(31)30-24-29-13-19(33-24)8-14-4-6-20(26)21(27)9-14/h1-7,9-11,13H,8H2,(H,29,30,31)/b16-11+. The summed E-state index contributed by atoms with van der Waals surface area (Å²) in [6, 6.07) is 17.9. The number of carbonyl (C=O) groups excluding carboxylic acids is 1. The van der Waals surface area contributed by atoms with E-state index in [0.717, 1.165) is 16.0 Å². The molecule has 2 aromatic heterocycles. The Morgan fingerprint density at radius 1 is 1.12 bits per heavy atom. The molecule has 9 heteroatoms. The average Bonchev–Trinajstić information content (AvgIpc) is 3.44. The van der Waals surface area contributed by atoms with Crippen LogP contribution in [0, 0.1) is 11.3 Å². The van der Waals surface area contributed by atoms with Crippen LogP contribution in [0.25, 0.3) is 17.4 Å². The van der Waals surface area contributed by atoms with Crippen molar-refractivity contribution in [3.05, 3.63) is 97.6 Å². The van der Waals surface area contributed by atoms with Gasteiger partial charge in [0.05, 0.1) is 10.0 Å². The lowest BCUT2D eigenvalue weighted by molar-refractivity contribution is -0.112. The van der Waals surface area contributed by atoms with Gasteiger partial charge in [-0.15, -0.1) is 11.3 Å². The van der Waals surface area contributed by atoms with Crippen LogP contribution in [0.15, 0.2) is 70.8 Å². The second-order valence-corrected chi connectivity index (χ2v) is 9.26. The number of thiazole rings is 1. The molecule has 0 fully saturated rings. The summed E-state index contributed by atoms with van der Waals surface area (Å²) >= 11 is 19.3. The summed E-state index contributed by atoms with van der Waals surface area (Å²) in [5.74, 6) is 0.373. The normalized spacial score (nSPS) is 11.3. The molecule has 5 nitrogen and oxygen atoms in total. The number of furan rings is 1. The molecule has 2 aromatic carbocycles. The highest BCUT2D eigenvalue weighted by atomic mass is 35.5. The summed E-state index contributed by atoms with van der Waals surface area (Å²) < 4.78 is 5.75. The van der Waals surface area contributed by atoms with Crippen LogP contribution in [0.2, 0.25) is 15.1 Å². The number of aromatic nitrogens is 1. The zero-order valence-corrected chi connectivity index (χ0v) is 19.9. The van der Waals surface area contributed by atoms with Crippen LogP contribution in [0.4, 0.5) is 5.13 Å². The lowest BCUT2D eigenvalue weighted by Crippen LogP contribution is -2.13. The largest absolute Gasteiger partial charge is 0.457 e. The second kappa shape index (κ2) is 10.2. The summed E-state index contributed by atoms with van der Waals surface area (Å²) in [5.41, 5.74) is 1.66. The minimum absolute atomic E-state index is 0.108. The fraction of sp³-hybridized carbons (Fsp3) is 0.0417. The molecule has 0 saturated heterocycles. The fourth-order valence-electron chi connectivity index (χ4n) is 2.98. The van der Waals surface area contributed by atoms with E-state index in [1.807, 2.05) is 24.3 Å². The van der Waals surface area contributed by atoms with Gasteiger partial charge < -0.3 is 4.42 Å². The van der Waals surface area contributed by atoms with Crippen molar-refractivity contribution < 1.29 is 9.21 Å². The van der Waals surface area contributed by atoms with Crippen molar-refractivity contribution in [2.24, 2.45) is 0 Å². The SMILES string of the molecule is N#C/C(=C\c1ccc(-c2cccc(Cl)c2)o1)C(=O)Nc1ncc(Cc2ccc(Cl)c(Cl)c2)s1. The van der Waals surface area contributed by atoms with Crippen LogP contribution in [0.5, 0.6) is 0 Å². The number of nitriles is 1. The van der Waals surface area contributed by atoms with Gasteiger partial charge in [0.25, 0.3) is 5.91 Å². The van der Waals surface area contributed by atoms with E-state index in [1.165, 1.54) is 17.4 Å². The number of benzene rings is 2. The van der Waals surface area contributed by atoms with E-state index in [2.05, 4.69) is 10.3 Å². The molecule has 0 spiro atoms. The van der Waals surface area contributed by atoms with Gasteiger partial charge in [-0.2, -0.15) is 5.26 Å². The van der Waals surface area contributed by atoms with Gasteiger partial charge in [0.15, 0.2) is 5.13 Å². The van der Waals surface area contributed by atoms with Crippen LogP contribution in [0.3, 0.4) is 0 Å². The van der Waals surface area contributed by atoms with Gasteiger partial charge >= 0.3 is 0 Å². The van der Waals surface area contributed by atoms with Gasteiger partial charge in [0.1, 0.15) is 23.2 Å². The van der Waals surface area contributed by atoms with Gasteiger partial charge in [-0.1, -0.05) is 53.0 Å². The highest BCUT2D eigenvalue weighted by Gasteiger charge is 2.14. The van der Waals surface area contributed by atoms with E-state index in [9.17, 15) is 10.1 Å². The summed E-state index contributed by atoms with van der Waals surface area (Å²) in [4.78, 5) is 17.7. The summed E-state index contributed by atoms with van der Waals surface area (Å²) in [7, 11) is 0. The zero-order valence-electron chi connectivity index (χ0n) is 16.8. The fourth-order valence-corrected chi connectivity index (χ4v) is 4.33. The topological polar surface area (TPSA) is 78.9 Å². The Hall–Kier alpha value is -3.08. The molecule has 0 aliphatic rings. The minimum atomic E-state index is -0.575. The number of halogens is 3. The van der Waals surface area contributed by atoms with Gasteiger partial charge in [0, 0.05) is 34.2 Å². The maximum Gasteiger partial charge on any atom is 0.268 e. The molecule has 0 atom stereocenters. The molecule has 4 aromatic rings. The van der Waals surface area contributed by atoms with Gasteiger partial charge in [-0.05, 0) is 42.0 Å². The first-order valence-electron chi connectivity index (χ1n) is 9.59. The van der Waals surface area contributed by atoms with E-state index in [0.29, 0.717) is 38.1 Å². The number of anilines is 1. The highest BCUT2D eigenvalue weighted by molar-refractivity contribution is 7.15. The van der Waals surface area contributed by atoms with Crippen molar-refractivity contribution in [2.45, 2.75) is 6.42 Å². The van der Waals surface area contributed by atoms with Crippen molar-refractivity contribution in [1.82, 2.24) is 4.98 Å². The molecule has 1 amide bonds. The Morgan fingerprint density at radius 2 is 1.97 bits per heavy atom. The first-order chi connectivity index (χ1) is 15.9. The van der Waals surface area contributed by atoms with Crippen LogP contribution in [0.1, 0.15) is 16.2 Å². The molecule has 0 aliphatic heterocycles. The van der Waals surface area contributed by atoms with Crippen LogP contribution < -0.4 is 5.32 Å². The van der Waals surface area contributed by atoms with Crippen molar-refractivity contribution in [2.75, 3.05) is 5.32 Å². The van der Waals surface area contributed by atoms with Gasteiger partial charge in [-0.3, -0.25) is 10.1 Å². The molecule has 2 heterocycles. The molecule has 33 heavy (non-hydrogen) atoms. The van der Waals surface area contributed by atoms with Crippen molar-refractivity contribution in [3.63, 3.8) is 0 Å². The molecule has 164 valence electrons. The lowest BCUT2D eigenvalue weighted by atomic mass is 10.1. The van der Waals surface area contributed by atoms with Crippen molar-refractivity contribution in [1.29, 1.82) is 5.26 Å². The van der Waals surface area contributed by atoms with Crippen LogP contribution in [-0.2, 0) is 11.2 Å². The molecular weight excluding hydrogens is 501 g/mol.